The Bertz CT molecular complexity index is 440. The molecule has 0 aromatic heterocycles. The predicted octanol–water partition coefficient (Wildman–Crippen LogP) is 4.12. The lowest BCUT2D eigenvalue weighted by molar-refractivity contribution is 1.13. The van der Waals surface area contributed by atoms with Crippen LogP contribution in [0.3, 0.4) is 0 Å². The first-order chi connectivity index (χ1) is 7.81. The van der Waals surface area contributed by atoms with Gasteiger partial charge in [-0.3, -0.25) is 0 Å². The van der Waals surface area contributed by atoms with E-state index in [4.69, 9.17) is 5.26 Å². The highest BCUT2D eigenvalue weighted by Gasteiger charge is 2.11. The van der Waals surface area contributed by atoms with Crippen LogP contribution in [-0.4, -0.2) is 11.5 Å². The lowest BCUT2D eigenvalue weighted by Gasteiger charge is -2.08. The zero-order valence-corrected chi connectivity index (χ0v) is 10.8. The molecule has 1 aliphatic rings. The first-order valence-corrected chi connectivity index (χ1v) is 7.25. The van der Waals surface area contributed by atoms with E-state index in [-0.39, 0.29) is 0 Å². The maximum absolute atomic E-state index is 8.76. The summed E-state index contributed by atoms with van der Waals surface area (Å²) in [6.45, 7) is 2.19. The van der Waals surface area contributed by atoms with Crippen LogP contribution in [0.2, 0.25) is 0 Å². The maximum atomic E-state index is 8.76. The standard InChI is InChI=1S/C13H13NS2/c1-10-13(16-8-2-7-15-10)12-5-3-11(9-14)4-6-12/h3-6H,2,7-8H2,1H3. The maximum Gasteiger partial charge on any atom is 0.0991 e. The van der Waals surface area contributed by atoms with Crippen LogP contribution in [0.4, 0.5) is 0 Å². The SMILES string of the molecule is CC1=C(c2ccc(C#N)cc2)SCCCS1. The van der Waals surface area contributed by atoms with Gasteiger partial charge in [0.05, 0.1) is 11.6 Å². The minimum Gasteiger partial charge on any atom is -0.192 e. The average molecular weight is 247 g/mol. The fourth-order valence-electron chi connectivity index (χ4n) is 1.61. The number of nitrogens with zero attached hydrogens (tertiary/aromatic N) is 1. The molecular weight excluding hydrogens is 234 g/mol. The summed E-state index contributed by atoms with van der Waals surface area (Å²) in [5.41, 5.74) is 1.98. The van der Waals surface area contributed by atoms with E-state index in [0.29, 0.717) is 0 Å². The number of nitriles is 1. The van der Waals surface area contributed by atoms with Crippen molar-refractivity contribution in [3.63, 3.8) is 0 Å². The van der Waals surface area contributed by atoms with Gasteiger partial charge in [-0.25, -0.2) is 0 Å². The minimum atomic E-state index is 0.730. The van der Waals surface area contributed by atoms with Crippen LogP contribution in [0.1, 0.15) is 24.5 Å². The Hall–Kier alpha value is -0.850. The Labute approximate surface area is 105 Å². The van der Waals surface area contributed by atoms with Gasteiger partial charge < -0.3 is 0 Å². The molecule has 2 rings (SSSR count). The molecule has 0 N–H and O–H groups in total. The van der Waals surface area contributed by atoms with Crippen LogP contribution in [0, 0.1) is 11.3 Å². The van der Waals surface area contributed by atoms with Gasteiger partial charge in [-0.05, 0) is 47.5 Å². The zero-order valence-electron chi connectivity index (χ0n) is 9.19. The smallest absolute Gasteiger partial charge is 0.0991 e. The first kappa shape index (κ1) is 11.6. The summed E-state index contributed by atoms with van der Waals surface area (Å²) >= 11 is 3.88. The fourth-order valence-corrected chi connectivity index (χ4v) is 3.99. The van der Waals surface area contributed by atoms with Crippen molar-refractivity contribution in [3.8, 4) is 6.07 Å². The van der Waals surface area contributed by atoms with E-state index in [9.17, 15) is 0 Å². The summed E-state index contributed by atoms with van der Waals surface area (Å²) in [6, 6.07) is 10.0. The third-order valence-electron chi connectivity index (χ3n) is 2.45. The van der Waals surface area contributed by atoms with E-state index in [0.717, 1.165) is 5.56 Å². The number of hydrogen-bond acceptors (Lipinski definition) is 3. The Balaban J connectivity index is 2.31. The molecular formula is C13H13NS2. The van der Waals surface area contributed by atoms with Crippen LogP contribution in [0.25, 0.3) is 4.91 Å². The molecule has 0 unspecified atom stereocenters. The third-order valence-corrected chi connectivity index (χ3v) is 5.03. The highest BCUT2D eigenvalue weighted by molar-refractivity contribution is 8.11. The van der Waals surface area contributed by atoms with Crippen molar-refractivity contribution < 1.29 is 0 Å². The molecule has 1 aromatic carbocycles. The summed E-state index contributed by atoms with van der Waals surface area (Å²) in [4.78, 5) is 2.79. The number of thioether (sulfide) groups is 2. The van der Waals surface area contributed by atoms with Gasteiger partial charge in [0.25, 0.3) is 0 Å². The Morgan fingerprint density at radius 1 is 1.12 bits per heavy atom. The average Bonchev–Trinajstić information content (AvgIpc) is 2.54. The van der Waals surface area contributed by atoms with Crippen molar-refractivity contribution in [3.05, 3.63) is 40.3 Å². The van der Waals surface area contributed by atoms with E-state index in [2.05, 4.69) is 25.1 Å². The molecule has 1 nitrogen and oxygen atoms in total. The quantitative estimate of drug-likeness (QED) is 0.746. The minimum absolute atomic E-state index is 0.730. The molecule has 0 bridgehead atoms. The van der Waals surface area contributed by atoms with Crippen molar-refractivity contribution in [2.75, 3.05) is 11.5 Å². The second-order valence-corrected chi connectivity index (χ2v) is 6.04. The third kappa shape index (κ3) is 2.63. The molecule has 3 heteroatoms. The molecule has 0 aliphatic carbocycles. The van der Waals surface area contributed by atoms with Crippen LogP contribution in [0.5, 0.6) is 0 Å². The van der Waals surface area contributed by atoms with E-state index < -0.39 is 0 Å². The fraction of sp³-hybridized carbons (Fsp3) is 0.308. The summed E-state index contributed by atoms with van der Waals surface area (Å²) in [6.07, 6.45) is 1.27. The molecule has 0 radical (unpaired) electrons. The molecule has 82 valence electrons. The van der Waals surface area contributed by atoms with Gasteiger partial charge in [0.15, 0.2) is 0 Å². The molecule has 0 atom stereocenters. The van der Waals surface area contributed by atoms with Gasteiger partial charge in [-0.2, -0.15) is 5.26 Å². The number of allylic oxidation sites excluding steroid dienone is 1. The lowest BCUT2D eigenvalue weighted by atomic mass is 10.1. The lowest BCUT2D eigenvalue weighted by Crippen LogP contribution is -1.84. The summed E-state index contributed by atoms with van der Waals surface area (Å²) in [5, 5.41) is 8.76. The number of benzene rings is 1. The monoisotopic (exact) mass is 247 g/mol. The van der Waals surface area contributed by atoms with Gasteiger partial charge in [-0.1, -0.05) is 12.1 Å². The molecule has 16 heavy (non-hydrogen) atoms. The molecule has 1 heterocycles. The van der Waals surface area contributed by atoms with Crippen molar-refractivity contribution in [2.45, 2.75) is 13.3 Å². The Morgan fingerprint density at radius 3 is 2.50 bits per heavy atom. The van der Waals surface area contributed by atoms with Crippen molar-refractivity contribution in [2.24, 2.45) is 0 Å². The van der Waals surface area contributed by atoms with Gasteiger partial charge in [-0.15, -0.1) is 23.5 Å². The van der Waals surface area contributed by atoms with Crippen LogP contribution >= 0.6 is 23.5 Å². The topological polar surface area (TPSA) is 23.8 Å². The Kier molecular flexibility index (Phi) is 3.98. The van der Waals surface area contributed by atoms with E-state index in [1.165, 1.54) is 33.3 Å². The van der Waals surface area contributed by atoms with Crippen LogP contribution in [-0.2, 0) is 0 Å². The number of hydrogen-bond donors (Lipinski definition) is 0. The molecule has 1 aromatic rings. The zero-order chi connectivity index (χ0) is 11.4. The second kappa shape index (κ2) is 5.47. The van der Waals surface area contributed by atoms with Crippen LogP contribution < -0.4 is 0 Å². The van der Waals surface area contributed by atoms with Crippen molar-refractivity contribution in [1.82, 2.24) is 0 Å². The molecule has 0 amide bonds. The van der Waals surface area contributed by atoms with Crippen molar-refractivity contribution >= 4 is 28.4 Å². The highest BCUT2D eigenvalue weighted by Crippen LogP contribution is 2.38. The van der Waals surface area contributed by atoms with Gasteiger partial charge in [0.2, 0.25) is 0 Å². The second-order valence-electron chi connectivity index (χ2n) is 3.62. The highest BCUT2D eigenvalue weighted by atomic mass is 32.2. The number of rotatable bonds is 1. The Morgan fingerprint density at radius 2 is 1.81 bits per heavy atom. The van der Waals surface area contributed by atoms with Crippen molar-refractivity contribution in [1.29, 1.82) is 5.26 Å². The largest absolute Gasteiger partial charge is 0.192 e. The summed E-state index contributed by atoms with van der Waals surface area (Å²) in [7, 11) is 0. The predicted molar refractivity (Wildman–Crippen MR) is 73.3 cm³/mol. The molecule has 1 aliphatic heterocycles. The van der Waals surface area contributed by atoms with Gasteiger partial charge >= 0.3 is 0 Å². The summed E-state index contributed by atoms with van der Waals surface area (Å²) in [5.74, 6) is 2.41. The van der Waals surface area contributed by atoms with E-state index in [1.807, 2.05) is 35.7 Å². The molecule has 0 saturated carbocycles. The molecule has 0 fully saturated rings. The molecule has 0 spiro atoms. The first-order valence-electron chi connectivity index (χ1n) is 5.28. The normalized spacial score (nSPS) is 16.8. The van der Waals surface area contributed by atoms with Gasteiger partial charge in [0, 0.05) is 4.91 Å². The summed E-state index contributed by atoms with van der Waals surface area (Å²) < 4.78 is 0. The van der Waals surface area contributed by atoms with E-state index in [1.54, 1.807) is 0 Å². The van der Waals surface area contributed by atoms with Gasteiger partial charge in [0.1, 0.15) is 0 Å². The molecule has 0 saturated heterocycles. The van der Waals surface area contributed by atoms with E-state index >= 15 is 0 Å². The van der Waals surface area contributed by atoms with Crippen LogP contribution in [0.15, 0.2) is 29.2 Å².